The van der Waals surface area contributed by atoms with Crippen LogP contribution in [0.3, 0.4) is 0 Å². The smallest absolute Gasteiger partial charge is 0.303 e. The van der Waals surface area contributed by atoms with E-state index in [1.807, 2.05) is 19.1 Å². The van der Waals surface area contributed by atoms with Gasteiger partial charge in [-0.1, -0.05) is 30.7 Å². The van der Waals surface area contributed by atoms with Crippen molar-refractivity contribution in [2.45, 2.75) is 71.0 Å². The third-order valence-corrected chi connectivity index (χ3v) is 5.85. The van der Waals surface area contributed by atoms with Crippen LogP contribution in [-0.2, 0) is 4.79 Å². The fraction of sp³-hybridized carbons (Fsp3) is 0.682. The number of hydrogen-bond acceptors (Lipinski definition) is 3. The van der Waals surface area contributed by atoms with E-state index in [9.17, 15) is 15.0 Å². The summed E-state index contributed by atoms with van der Waals surface area (Å²) in [5, 5.41) is 29.4. The number of carboxylic acid groups (broad SMARTS) is 1. The Balaban J connectivity index is 1.89. The fourth-order valence-electron chi connectivity index (χ4n) is 4.31. The summed E-state index contributed by atoms with van der Waals surface area (Å²) in [5.74, 6) is 6.25. The highest BCUT2D eigenvalue weighted by atomic mass is 16.4. The predicted molar refractivity (Wildman–Crippen MR) is 102 cm³/mol. The highest BCUT2D eigenvalue weighted by Gasteiger charge is 2.44. The third kappa shape index (κ3) is 5.72. The summed E-state index contributed by atoms with van der Waals surface area (Å²) in [6.45, 7) is 3.79. The number of carboxylic acids is 1. The van der Waals surface area contributed by atoms with Crippen molar-refractivity contribution in [3.05, 3.63) is 23.8 Å². The molecule has 4 nitrogen and oxygen atoms in total. The van der Waals surface area contributed by atoms with Crippen molar-refractivity contribution in [1.82, 2.24) is 0 Å². The van der Waals surface area contributed by atoms with Crippen molar-refractivity contribution >= 4 is 5.97 Å². The first-order chi connectivity index (χ1) is 12.4. The quantitative estimate of drug-likeness (QED) is 0.351. The highest BCUT2D eigenvalue weighted by molar-refractivity contribution is 5.66. The van der Waals surface area contributed by atoms with Crippen molar-refractivity contribution in [2.24, 2.45) is 23.7 Å². The molecular formula is C22H32O4. The SMILES string of the molecule is CC#CCC(C)[C@H](O)C=C[C@@H]1[C@H]2CC(=CCCCC(=O)O)C[C@H]2C[C@H]1O. The molecular weight excluding hydrogens is 328 g/mol. The van der Waals surface area contributed by atoms with Crippen LogP contribution in [0.15, 0.2) is 23.8 Å². The monoisotopic (exact) mass is 360 g/mol. The largest absolute Gasteiger partial charge is 0.481 e. The minimum Gasteiger partial charge on any atom is -0.481 e. The van der Waals surface area contributed by atoms with E-state index >= 15 is 0 Å². The lowest BCUT2D eigenvalue weighted by Gasteiger charge is -2.19. The second-order valence-corrected chi connectivity index (χ2v) is 7.84. The number of hydrogen-bond donors (Lipinski definition) is 3. The molecule has 26 heavy (non-hydrogen) atoms. The minimum atomic E-state index is -0.738. The number of aliphatic hydroxyl groups excluding tert-OH is 2. The second kappa shape index (κ2) is 9.94. The van der Waals surface area contributed by atoms with E-state index in [-0.39, 0.29) is 24.4 Å². The molecule has 0 heterocycles. The maximum atomic E-state index is 10.6. The van der Waals surface area contributed by atoms with E-state index in [0.29, 0.717) is 24.7 Å². The lowest BCUT2D eigenvalue weighted by atomic mass is 9.89. The number of aliphatic hydroxyl groups is 2. The van der Waals surface area contributed by atoms with Gasteiger partial charge in [0.25, 0.3) is 0 Å². The number of allylic oxidation sites excluding steroid dienone is 2. The number of aliphatic carboxylic acids is 1. The maximum Gasteiger partial charge on any atom is 0.303 e. The van der Waals surface area contributed by atoms with E-state index in [4.69, 9.17) is 5.11 Å². The molecule has 0 aliphatic heterocycles. The summed E-state index contributed by atoms with van der Waals surface area (Å²) in [5.41, 5.74) is 1.41. The average molecular weight is 360 g/mol. The summed E-state index contributed by atoms with van der Waals surface area (Å²) in [7, 11) is 0. The van der Waals surface area contributed by atoms with Crippen LogP contribution in [0, 0.1) is 35.5 Å². The first-order valence-corrected chi connectivity index (χ1v) is 9.76. The summed E-state index contributed by atoms with van der Waals surface area (Å²) in [6, 6.07) is 0. The lowest BCUT2D eigenvalue weighted by molar-refractivity contribution is -0.137. The molecule has 1 unspecified atom stereocenters. The Morgan fingerprint density at radius 2 is 2.15 bits per heavy atom. The normalized spacial score (nSPS) is 31.6. The molecule has 2 rings (SSSR count). The van der Waals surface area contributed by atoms with Gasteiger partial charge in [-0.3, -0.25) is 4.79 Å². The van der Waals surface area contributed by atoms with E-state index in [1.54, 1.807) is 6.92 Å². The molecule has 0 amide bonds. The topological polar surface area (TPSA) is 77.8 Å². The van der Waals surface area contributed by atoms with Gasteiger partial charge >= 0.3 is 5.97 Å². The van der Waals surface area contributed by atoms with Gasteiger partial charge in [0.1, 0.15) is 0 Å². The van der Waals surface area contributed by atoms with Crippen molar-refractivity contribution < 1.29 is 20.1 Å². The fourth-order valence-corrected chi connectivity index (χ4v) is 4.31. The molecule has 4 heteroatoms. The molecule has 2 aliphatic rings. The number of fused-ring (bicyclic) bond motifs is 1. The molecule has 144 valence electrons. The zero-order valence-corrected chi connectivity index (χ0v) is 15.9. The first kappa shape index (κ1) is 20.7. The van der Waals surface area contributed by atoms with Crippen LogP contribution in [0.1, 0.15) is 58.8 Å². The Labute approximate surface area is 157 Å². The van der Waals surface area contributed by atoms with Crippen LogP contribution < -0.4 is 0 Å². The Morgan fingerprint density at radius 3 is 2.85 bits per heavy atom. The van der Waals surface area contributed by atoms with Crippen LogP contribution in [0.5, 0.6) is 0 Å². The van der Waals surface area contributed by atoms with Crippen molar-refractivity contribution in [1.29, 1.82) is 0 Å². The van der Waals surface area contributed by atoms with Crippen molar-refractivity contribution in [3.8, 4) is 11.8 Å². The van der Waals surface area contributed by atoms with E-state index < -0.39 is 12.1 Å². The van der Waals surface area contributed by atoms with Gasteiger partial charge < -0.3 is 15.3 Å². The summed E-state index contributed by atoms with van der Waals surface area (Å²) in [4.78, 5) is 10.6. The molecule has 3 N–H and O–H groups in total. The molecule has 0 aromatic heterocycles. The zero-order valence-electron chi connectivity index (χ0n) is 15.9. The zero-order chi connectivity index (χ0) is 19.1. The van der Waals surface area contributed by atoms with Gasteiger partial charge in [-0.25, -0.2) is 0 Å². The van der Waals surface area contributed by atoms with Crippen molar-refractivity contribution in [2.75, 3.05) is 0 Å². The van der Waals surface area contributed by atoms with Crippen LogP contribution in [-0.4, -0.2) is 33.5 Å². The van der Waals surface area contributed by atoms with Gasteiger partial charge in [0, 0.05) is 18.8 Å². The van der Waals surface area contributed by atoms with Gasteiger partial charge in [0.05, 0.1) is 12.2 Å². The molecule has 2 saturated carbocycles. The Hall–Kier alpha value is -1.57. The van der Waals surface area contributed by atoms with Gasteiger partial charge in [0.15, 0.2) is 0 Å². The number of carbonyl (C=O) groups is 1. The summed E-state index contributed by atoms with van der Waals surface area (Å²) in [6.07, 6.45) is 10.4. The van der Waals surface area contributed by atoms with Gasteiger partial charge in [0.2, 0.25) is 0 Å². The minimum absolute atomic E-state index is 0.0845. The van der Waals surface area contributed by atoms with E-state index in [2.05, 4.69) is 17.9 Å². The molecule has 0 bridgehead atoms. The molecule has 0 saturated heterocycles. The van der Waals surface area contributed by atoms with Crippen molar-refractivity contribution in [3.63, 3.8) is 0 Å². The van der Waals surface area contributed by atoms with Crippen LogP contribution in [0.25, 0.3) is 0 Å². The van der Waals surface area contributed by atoms with Crippen LogP contribution >= 0.6 is 0 Å². The van der Waals surface area contributed by atoms with Gasteiger partial charge in [-0.2, -0.15) is 0 Å². The Bertz CT molecular complexity index is 595. The lowest BCUT2D eigenvalue weighted by Crippen LogP contribution is -2.19. The van der Waals surface area contributed by atoms with E-state index in [1.165, 1.54) is 5.57 Å². The molecule has 6 atom stereocenters. The maximum absolute atomic E-state index is 10.6. The Kier molecular flexibility index (Phi) is 7.93. The standard InChI is InChI=1S/C22H32O4/c1-3-4-7-15(2)20(23)11-10-18-19-13-16(8-5-6-9-22(25)26)12-17(19)14-21(18)24/h8,10-11,15,17-21,23-24H,5-7,9,12-14H2,1-2H3,(H,25,26)/t15?,17-,18+,19-,20+,21+/m0/s1. The molecule has 0 aromatic rings. The van der Waals surface area contributed by atoms with E-state index in [0.717, 1.165) is 25.7 Å². The molecule has 0 radical (unpaired) electrons. The van der Waals surface area contributed by atoms with Crippen LogP contribution in [0.4, 0.5) is 0 Å². The average Bonchev–Trinajstić information content (AvgIpc) is 3.10. The number of unbranched alkanes of at least 4 members (excludes halogenated alkanes) is 1. The molecule has 0 aromatic carbocycles. The number of rotatable bonds is 8. The molecule has 2 aliphatic carbocycles. The predicted octanol–water partition coefficient (Wildman–Crippen LogP) is 3.54. The van der Waals surface area contributed by atoms with Crippen LogP contribution in [0.2, 0.25) is 0 Å². The first-order valence-electron chi connectivity index (χ1n) is 9.76. The summed E-state index contributed by atoms with van der Waals surface area (Å²) >= 11 is 0. The summed E-state index contributed by atoms with van der Waals surface area (Å²) < 4.78 is 0. The highest BCUT2D eigenvalue weighted by Crippen LogP contribution is 2.50. The second-order valence-electron chi connectivity index (χ2n) is 7.84. The third-order valence-electron chi connectivity index (χ3n) is 5.85. The molecule has 2 fully saturated rings. The Morgan fingerprint density at radius 1 is 1.38 bits per heavy atom. The van der Waals surface area contributed by atoms with Gasteiger partial charge in [-0.15, -0.1) is 11.8 Å². The molecule has 0 spiro atoms. The van der Waals surface area contributed by atoms with Gasteiger partial charge in [-0.05, 0) is 56.8 Å².